The summed E-state index contributed by atoms with van der Waals surface area (Å²) < 4.78 is 0. The molecule has 0 bridgehead atoms. The molecular weight excluding hydrogens is 304 g/mol. The van der Waals surface area contributed by atoms with E-state index in [0.717, 1.165) is 34.3 Å². The Morgan fingerprint density at radius 1 is 1.13 bits per heavy atom. The summed E-state index contributed by atoms with van der Waals surface area (Å²) in [6.45, 7) is 1.58. The lowest BCUT2D eigenvalue weighted by Crippen LogP contribution is -2.07. The van der Waals surface area contributed by atoms with Crippen molar-refractivity contribution in [3.05, 3.63) is 46.3 Å². The Balaban J connectivity index is 2.07. The first-order valence-corrected chi connectivity index (χ1v) is 8.78. The van der Waals surface area contributed by atoms with Crippen molar-refractivity contribution in [2.24, 2.45) is 0 Å². The molecule has 0 radical (unpaired) electrons. The summed E-state index contributed by atoms with van der Waals surface area (Å²) >= 11 is 1.43. The maximum atomic E-state index is 11.9. The first-order chi connectivity index (χ1) is 11.2. The van der Waals surface area contributed by atoms with Gasteiger partial charge in [-0.1, -0.05) is 30.3 Å². The van der Waals surface area contributed by atoms with E-state index in [-0.39, 0.29) is 5.78 Å². The predicted molar refractivity (Wildman–Crippen MR) is 96.1 cm³/mol. The molecule has 2 aromatic heterocycles. The molecule has 1 aliphatic rings. The van der Waals surface area contributed by atoms with E-state index in [1.807, 2.05) is 18.2 Å². The van der Waals surface area contributed by atoms with Crippen LogP contribution in [0.15, 0.2) is 30.3 Å². The van der Waals surface area contributed by atoms with Gasteiger partial charge in [-0.15, -0.1) is 11.3 Å². The van der Waals surface area contributed by atoms with Gasteiger partial charge >= 0.3 is 0 Å². The van der Waals surface area contributed by atoms with Crippen LogP contribution in [-0.4, -0.2) is 10.8 Å². The minimum Gasteiger partial charge on any atom is -0.397 e. The number of thiophene rings is 1. The zero-order valence-electron chi connectivity index (χ0n) is 13.1. The van der Waals surface area contributed by atoms with Crippen LogP contribution < -0.4 is 5.73 Å². The van der Waals surface area contributed by atoms with Gasteiger partial charge in [0.15, 0.2) is 5.78 Å². The van der Waals surface area contributed by atoms with Crippen molar-refractivity contribution >= 4 is 33.0 Å². The molecule has 0 saturated carbocycles. The SMILES string of the molecule is CC(=O)c1sc2nc(-c3ccccc3)c3c(c2c1N)CCCC3. The second-order valence-electron chi connectivity index (χ2n) is 6.07. The maximum absolute atomic E-state index is 11.9. The van der Waals surface area contributed by atoms with Gasteiger partial charge in [0.25, 0.3) is 0 Å². The lowest BCUT2D eigenvalue weighted by atomic mass is 9.87. The third-order valence-corrected chi connectivity index (χ3v) is 5.76. The van der Waals surface area contributed by atoms with Crippen molar-refractivity contribution in [2.45, 2.75) is 32.6 Å². The average molecular weight is 322 g/mol. The quantitative estimate of drug-likeness (QED) is 0.700. The number of aryl methyl sites for hydroxylation is 1. The highest BCUT2D eigenvalue weighted by atomic mass is 32.1. The molecule has 0 unspecified atom stereocenters. The van der Waals surface area contributed by atoms with E-state index in [2.05, 4.69) is 12.1 Å². The van der Waals surface area contributed by atoms with Gasteiger partial charge in [-0.25, -0.2) is 4.98 Å². The van der Waals surface area contributed by atoms with Gasteiger partial charge in [-0.05, 0) is 36.8 Å². The number of anilines is 1. The zero-order valence-corrected chi connectivity index (χ0v) is 13.9. The summed E-state index contributed by atoms with van der Waals surface area (Å²) in [4.78, 5) is 18.3. The standard InChI is InChI=1S/C19H18N2OS/c1-11(22)18-16(20)15-13-9-5-6-10-14(13)17(21-19(15)23-18)12-7-3-2-4-8-12/h2-4,7-8H,5-6,9-10,20H2,1H3. The molecule has 1 aromatic carbocycles. The van der Waals surface area contributed by atoms with E-state index in [1.165, 1.54) is 35.3 Å². The van der Waals surface area contributed by atoms with Gasteiger partial charge in [0.05, 0.1) is 16.3 Å². The first-order valence-electron chi connectivity index (χ1n) is 7.97. The molecule has 3 aromatic rings. The lowest BCUT2D eigenvalue weighted by Gasteiger charge is -2.20. The van der Waals surface area contributed by atoms with Crippen LogP contribution >= 0.6 is 11.3 Å². The highest BCUT2D eigenvalue weighted by Crippen LogP contribution is 2.42. The number of nitrogens with two attached hydrogens (primary N) is 1. The molecule has 4 heteroatoms. The predicted octanol–water partition coefficient (Wildman–Crippen LogP) is 4.63. The molecule has 3 nitrogen and oxygen atoms in total. The molecule has 23 heavy (non-hydrogen) atoms. The Bertz CT molecular complexity index is 912. The summed E-state index contributed by atoms with van der Waals surface area (Å²) in [6, 6.07) is 10.3. The molecule has 0 fully saturated rings. The highest BCUT2D eigenvalue weighted by molar-refractivity contribution is 7.21. The molecule has 2 N–H and O–H groups in total. The number of nitrogen functional groups attached to an aromatic ring is 1. The first kappa shape index (κ1) is 14.4. The molecule has 0 spiro atoms. The number of aromatic nitrogens is 1. The monoisotopic (exact) mass is 322 g/mol. The van der Waals surface area contributed by atoms with Gasteiger partial charge < -0.3 is 5.73 Å². The van der Waals surface area contributed by atoms with E-state index in [9.17, 15) is 4.79 Å². The Morgan fingerprint density at radius 2 is 1.83 bits per heavy atom. The fourth-order valence-electron chi connectivity index (χ4n) is 3.51. The number of Topliss-reactive ketones (excluding diaryl/α,β-unsaturated/α-hetero) is 1. The van der Waals surface area contributed by atoms with Crippen molar-refractivity contribution in [3.8, 4) is 11.3 Å². The van der Waals surface area contributed by atoms with Crippen LogP contribution in [0.25, 0.3) is 21.5 Å². The number of nitrogens with zero attached hydrogens (tertiary/aromatic N) is 1. The summed E-state index contributed by atoms with van der Waals surface area (Å²) in [5, 5.41) is 1.02. The van der Waals surface area contributed by atoms with E-state index in [0.29, 0.717) is 10.6 Å². The van der Waals surface area contributed by atoms with E-state index < -0.39 is 0 Å². The van der Waals surface area contributed by atoms with Crippen LogP contribution in [0.5, 0.6) is 0 Å². The lowest BCUT2D eigenvalue weighted by molar-refractivity contribution is 0.102. The van der Waals surface area contributed by atoms with Crippen LogP contribution in [0.1, 0.15) is 40.6 Å². The summed E-state index contributed by atoms with van der Waals surface area (Å²) in [5.41, 5.74) is 11.8. The van der Waals surface area contributed by atoms with Crippen LogP contribution in [0, 0.1) is 0 Å². The minimum absolute atomic E-state index is 0.0244. The van der Waals surface area contributed by atoms with Crippen LogP contribution in [0.3, 0.4) is 0 Å². The second kappa shape index (κ2) is 5.46. The largest absolute Gasteiger partial charge is 0.397 e. The maximum Gasteiger partial charge on any atom is 0.171 e. The Morgan fingerprint density at radius 3 is 2.52 bits per heavy atom. The molecule has 0 saturated heterocycles. The summed E-state index contributed by atoms with van der Waals surface area (Å²) in [6.07, 6.45) is 4.41. The third-order valence-electron chi connectivity index (χ3n) is 4.56. The number of pyridine rings is 1. The van der Waals surface area contributed by atoms with E-state index in [4.69, 9.17) is 10.7 Å². The van der Waals surface area contributed by atoms with Crippen LogP contribution in [0.4, 0.5) is 5.69 Å². The fraction of sp³-hybridized carbons (Fsp3) is 0.263. The number of rotatable bonds is 2. The van der Waals surface area contributed by atoms with E-state index >= 15 is 0 Å². The summed E-state index contributed by atoms with van der Waals surface area (Å²) in [7, 11) is 0. The van der Waals surface area contributed by atoms with Gasteiger partial charge in [0.1, 0.15) is 4.83 Å². The number of hydrogen-bond donors (Lipinski definition) is 1. The molecule has 0 amide bonds. The summed E-state index contributed by atoms with van der Waals surface area (Å²) in [5.74, 6) is 0.0244. The van der Waals surface area contributed by atoms with Crippen molar-refractivity contribution in [1.82, 2.24) is 4.98 Å². The average Bonchev–Trinajstić information content (AvgIpc) is 2.92. The molecule has 4 rings (SSSR count). The number of fused-ring (bicyclic) bond motifs is 3. The molecule has 0 atom stereocenters. The molecule has 1 aliphatic carbocycles. The van der Waals surface area contributed by atoms with Gasteiger partial charge in [0, 0.05) is 17.9 Å². The minimum atomic E-state index is 0.0244. The topological polar surface area (TPSA) is 56.0 Å². The number of hydrogen-bond acceptors (Lipinski definition) is 4. The van der Waals surface area contributed by atoms with E-state index in [1.54, 1.807) is 6.92 Å². The highest BCUT2D eigenvalue weighted by Gasteiger charge is 2.24. The molecular formula is C19H18N2OS. The fourth-order valence-corrected chi connectivity index (χ4v) is 4.53. The van der Waals surface area contributed by atoms with Gasteiger partial charge in [-0.2, -0.15) is 0 Å². The number of carbonyl (C=O) groups is 1. The van der Waals surface area contributed by atoms with Crippen molar-refractivity contribution in [2.75, 3.05) is 5.73 Å². The smallest absolute Gasteiger partial charge is 0.171 e. The Hall–Kier alpha value is -2.20. The van der Waals surface area contributed by atoms with Crippen LogP contribution in [-0.2, 0) is 12.8 Å². The molecule has 0 aliphatic heterocycles. The molecule has 2 heterocycles. The Kier molecular flexibility index (Phi) is 3.42. The van der Waals surface area contributed by atoms with Crippen molar-refractivity contribution in [3.63, 3.8) is 0 Å². The van der Waals surface area contributed by atoms with Gasteiger partial charge in [0.2, 0.25) is 0 Å². The Labute approximate surface area is 139 Å². The van der Waals surface area contributed by atoms with Gasteiger partial charge in [-0.3, -0.25) is 4.79 Å². The number of benzene rings is 1. The van der Waals surface area contributed by atoms with Crippen molar-refractivity contribution in [1.29, 1.82) is 0 Å². The second-order valence-corrected chi connectivity index (χ2v) is 7.07. The van der Waals surface area contributed by atoms with Crippen molar-refractivity contribution < 1.29 is 4.79 Å². The number of carbonyl (C=O) groups excluding carboxylic acids is 1. The zero-order chi connectivity index (χ0) is 16.0. The third kappa shape index (κ3) is 2.25. The van der Waals surface area contributed by atoms with Crippen LogP contribution in [0.2, 0.25) is 0 Å². The number of ketones is 1. The molecule has 116 valence electrons. The normalized spacial score (nSPS) is 14.0.